The molecule has 1 nitrogen and oxygen atoms in total. The van der Waals surface area contributed by atoms with E-state index < -0.39 is 0 Å². The average molecular weight is 323 g/mol. The minimum Gasteiger partial charge on any atom is -0.377 e. The summed E-state index contributed by atoms with van der Waals surface area (Å²) in [5.41, 5.74) is 3.98. The maximum Gasteiger partial charge on any atom is 0.203 e. The van der Waals surface area contributed by atoms with E-state index in [4.69, 9.17) is 0 Å². The van der Waals surface area contributed by atoms with Crippen molar-refractivity contribution < 1.29 is 0 Å². The molecule has 0 amide bonds. The number of allylic oxidation sites excluding steroid dienone is 1. The molecule has 2 saturated carbocycles. The average Bonchev–Trinajstić information content (AvgIpc) is 2.79. The van der Waals surface area contributed by atoms with Gasteiger partial charge in [-0.25, -0.2) is 0 Å². The number of hydrogen-bond acceptors (Lipinski definition) is 1. The zero-order chi connectivity index (χ0) is 16.3. The van der Waals surface area contributed by atoms with Crippen molar-refractivity contribution in [3.05, 3.63) is 11.2 Å². The Labute approximate surface area is 148 Å². The topological polar surface area (TPSA) is 3.24 Å². The molecule has 0 aromatic rings. The monoisotopic (exact) mass is 323 g/mol. The summed E-state index contributed by atoms with van der Waals surface area (Å²) in [6.45, 7) is 11.3. The lowest BCUT2D eigenvalue weighted by Crippen LogP contribution is -2.56. The molecular weight excluding hydrogens is 289 g/mol. The fourth-order valence-electron chi connectivity index (χ4n) is 9.06. The second-order valence-electron chi connectivity index (χ2n) is 10.8. The summed E-state index contributed by atoms with van der Waals surface area (Å²) in [7, 11) is 0. The Morgan fingerprint density at radius 2 is 1.12 bits per heavy atom. The quantitative estimate of drug-likeness (QED) is 0.550. The summed E-state index contributed by atoms with van der Waals surface area (Å²) in [6.07, 6.45) is 9.23. The summed E-state index contributed by atoms with van der Waals surface area (Å²) in [6, 6.07) is 1.61. The van der Waals surface area contributed by atoms with Crippen LogP contribution in [0.5, 0.6) is 0 Å². The molecule has 130 valence electrons. The Morgan fingerprint density at radius 1 is 0.667 bits per heavy atom. The van der Waals surface area contributed by atoms with E-state index in [2.05, 4.69) is 32.6 Å². The van der Waals surface area contributed by atoms with Gasteiger partial charge in [-0.05, 0) is 93.5 Å². The predicted octanol–water partition coefficient (Wildman–Crippen LogP) is 5.25. The van der Waals surface area contributed by atoms with E-state index in [9.17, 15) is 0 Å². The molecule has 8 atom stereocenters. The fraction of sp³-hybridized carbons (Fsp3) is 0.909. The normalized spacial score (nSPS) is 57.5. The highest BCUT2D eigenvalue weighted by Gasteiger charge is 2.59. The Bertz CT molecular complexity index is 525. The van der Waals surface area contributed by atoms with E-state index in [1.807, 2.05) is 11.2 Å². The highest BCUT2D eigenvalue weighted by Crippen LogP contribution is 2.64. The van der Waals surface area contributed by atoms with Crippen molar-refractivity contribution in [2.45, 2.75) is 89.9 Å². The molecule has 8 unspecified atom stereocenters. The number of nitrogens with zero attached hydrogens (tertiary/aromatic N) is 1. The molecule has 0 radical (unpaired) electrons. The van der Waals surface area contributed by atoms with Crippen LogP contribution in [0, 0.1) is 35.5 Å². The van der Waals surface area contributed by atoms with E-state index in [0.717, 1.165) is 65.9 Å². The van der Waals surface area contributed by atoms with E-state index in [1.165, 1.54) is 19.3 Å². The highest BCUT2D eigenvalue weighted by molar-refractivity contribution is 6.70. The summed E-state index contributed by atoms with van der Waals surface area (Å²) >= 11 is 0. The lowest BCUT2D eigenvalue weighted by molar-refractivity contribution is 0.0142. The molecular formula is C22H34BN. The molecule has 24 heavy (non-hydrogen) atoms. The molecule has 0 aromatic carbocycles. The maximum atomic E-state index is 3.04. The minimum absolute atomic E-state index is 0.807. The summed E-state index contributed by atoms with van der Waals surface area (Å²) < 4.78 is 0. The molecule has 0 N–H and O–H groups in total. The summed E-state index contributed by atoms with van der Waals surface area (Å²) in [5, 5.41) is 0. The first-order chi connectivity index (χ1) is 11.5. The van der Waals surface area contributed by atoms with Crippen molar-refractivity contribution >= 4 is 6.71 Å². The van der Waals surface area contributed by atoms with Gasteiger partial charge in [0, 0.05) is 12.1 Å². The van der Waals surface area contributed by atoms with Gasteiger partial charge in [0.15, 0.2) is 0 Å². The summed E-state index contributed by atoms with van der Waals surface area (Å²) in [4.78, 5) is 3.04. The molecule has 2 aliphatic carbocycles. The van der Waals surface area contributed by atoms with Crippen molar-refractivity contribution in [3.8, 4) is 0 Å². The first kappa shape index (κ1) is 14.7. The largest absolute Gasteiger partial charge is 0.377 e. The lowest BCUT2D eigenvalue weighted by atomic mass is 9.25. The van der Waals surface area contributed by atoms with E-state index in [1.54, 1.807) is 19.3 Å². The third kappa shape index (κ3) is 1.60. The second kappa shape index (κ2) is 4.66. The molecule has 6 heterocycles. The van der Waals surface area contributed by atoms with Gasteiger partial charge in [-0.1, -0.05) is 31.1 Å². The standard InChI is InChI=1S/C22H34BN/c1-11-15-5-16-7-19(6-15)21-20-9-17-8-18(10-20)14(4)24(13(17)3)22(21)23(11)12(16)2/h11-20H,5-10H2,1-4H3. The Kier molecular flexibility index (Phi) is 2.86. The van der Waals surface area contributed by atoms with Crippen LogP contribution in [-0.2, 0) is 0 Å². The number of piperidine rings is 1. The Hall–Kier alpha value is -0.395. The molecule has 4 fully saturated rings. The van der Waals surface area contributed by atoms with Crippen LogP contribution in [0.2, 0.25) is 11.6 Å². The van der Waals surface area contributed by atoms with E-state index in [0.29, 0.717) is 0 Å². The van der Waals surface area contributed by atoms with Crippen LogP contribution in [0.3, 0.4) is 0 Å². The van der Waals surface area contributed by atoms with Gasteiger partial charge in [0.25, 0.3) is 0 Å². The van der Waals surface area contributed by atoms with Gasteiger partial charge in [-0.15, -0.1) is 0 Å². The van der Waals surface area contributed by atoms with Crippen LogP contribution >= 0.6 is 0 Å². The minimum atomic E-state index is 0.807. The smallest absolute Gasteiger partial charge is 0.203 e. The Morgan fingerprint density at radius 3 is 1.67 bits per heavy atom. The van der Waals surface area contributed by atoms with Gasteiger partial charge < -0.3 is 4.90 Å². The summed E-state index contributed by atoms with van der Waals surface area (Å²) in [5.74, 6) is 7.82. The van der Waals surface area contributed by atoms with E-state index >= 15 is 0 Å². The third-order valence-electron chi connectivity index (χ3n) is 10.2. The van der Waals surface area contributed by atoms with Crippen molar-refractivity contribution in [3.63, 3.8) is 0 Å². The van der Waals surface area contributed by atoms with Crippen LogP contribution in [-0.4, -0.2) is 23.7 Å². The van der Waals surface area contributed by atoms with Crippen molar-refractivity contribution in [2.75, 3.05) is 0 Å². The molecule has 6 aliphatic heterocycles. The second-order valence-corrected chi connectivity index (χ2v) is 10.8. The van der Waals surface area contributed by atoms with Crippen LogP contribution in [0.15, 0.2) is 11.2 Å². The van der Waals surface area contributed by atoms with E-state index in [-0.39, 0.29) is 0 Å². The molecule has 2 heteroatoms. The van der Waals surface area contributed by atoms with Gasteiger partial charge >= 0.3 is 0 Å². The van der Waals surface area contributed by atoms with Gasteiger partial charge in [0.05, 0.1) is 0 Å². The van der Waals surface area contributed by atoms with Gasteiger partial charge in [-0.3, -0.25) is 0 Å². The van der Waals surface area contributed by atoms with Crippen LogP contribution < -0.4 is 0 Å². The molecule has 8 rings (SSSR count). The SMILES string of the molecule is CC1B2C3=C(C4CC1CC(C4)C2C)C1CC2CC(C1)C(C)N3C2C. The van der Waals surface area contributed by atoms with Crippen molar-refractivity contribution in [1.29, 1.82) is 0 Å². The lowest BCUT2D eigenvalue weighted by Gasteiger charge is -2.55. The van der Waals surface area contributed by atoms with Gasteiger partial charge in [0.1, 0.15) is 0 Å². The Balaban J connectivity index is 1.59. The predicted molar refractivity (Wildman–Crippen MR) is 101 cm³/mol. The van der Waals surface area contributed by atoms with Gasteiger partial charge in [0.2, 0.25) is 6.71 Å². The van der Waals surface area contributed by atoms with Crippen molar-refractivity contribution in [2.24, 2.45) is 35.5 Å². The number of hydrogen-bond donors (Lipinski definition) is 0. The molecule has 0 spiro atoms. The molecule has 8 aliphatic rings. The maximum absolute atomic E-state index is 3.04. The van der Waals surface area contributed by atoms with Gasteiger partial charge in [-0.2, -0.15) is 0 Å². The first-order valence-corrected chi connectivity index (χ1v) is 11.1. The van der Waals surface area contributed by atoms with Crippen LogP contribution in [0.25, 0.3) is 0 Å². The molecule has 2 saturated heterocycles. The first-order valence-electron chi connectivity index (χ1n) is 11.1. The van der Waals surface area contributed by atoms with Crippen molar-refractivity contribution in [1.82, 2.24) is 4.90 Å². The molecule has 8 bridgehead atoms. The zero-order valence-corrected chi connectivity index (χ0v) is 16.0. The number of rotatable bonds is 0. The fourth-order valence-corrected chi connectivity index (χ4v) is 9.06. The van der Waals surface area contributed by atoms with Crippen LogP contribution in [0.4, 0.5) is 0 Å². The zero-order valence-electron chi connectivity index (χ0n) is 16.0. The molecule has 0 aromatic heterocycles. The highest BCUT2D eigenvalue weighted by atomic mass is 15.2. The third-order valence-corrected chi connectivity index (χ3v) is 10.2. The van der Waals surface area contributed by atoms with Crippen LogP contribution in [0.1, 0.15) is 66.2 Å².